The largest absolute Gasteiger partial charge is 0.507 e. The van der Waals surface area contributed by atoms with Gasteiger partial charge in [0.15, 0.2) is 0 Å². The van der Waals surface area contributed by atoms with E-state index in [0.29, 0.717) is 31.7 Å². The van der Waals surface area contributed by atoms with Crippen molar-refractivity contribution in [2.24, 2.45) is 0 Å². The lowest BCUT2D eigenvalue weighted by Gasteiger charge is -2.25. The number of ether oxygens (including phenoxy) is 2. The highest BCUT2D eigenvalue weighted by molar-refractivity contribution is 6.46. The molecule has 32 heavy (non-hydrogen) atoms. The molecule has 1 heterocycles. The van der Waals surface area contributed by atoms with Crippen LogP contribution in [0.15, 0.2) is 54.1 Å². The first kappa shape index (κ1) is 23.5. The fourth-order valence-corrected chi connectivity index (χ4v) is 3.91. The Balaban J connectivity index is 2.01. The van der Waals surface area contributed by atoms with Crippen LogP contribution >= 0.6 is 0 Å². The van der Waals surface area contributed by atoms with Crippen molar-refractivity contribution in [3.63, 3.8) is 0 Å². The number of amides is 1. The molecule has 0 saturated carbocycles. The van der Waals surface area contributed by atoms with Crippen LogP contribution in [0.25, 0.3) is 5.76 Å². The van der Waals surface area contributed by atoms with Gasteiger partial charge in [-0.25, -0.2) is 0 Å². The van der Waals surface area contributed by atoms with Gasteiger partial charge in [-0.2, -0.15) is 0 Å². The molecule has 0 unspecified atom stereocenters. The van der Waals surface area contributed by atoms with Crippen LogP contribution in [-0.2, 0) is 14.3 Å². The Bertz CT molecular complexity index is 983. The third kappa shape index (κ3) is 5.02. The zero-order chi connectivity index (χ0) is 23.1. The molecule has 1 aliphatic heterocycles. The minimum Gasteiger partial charge on any atom is -0.507 e. The zero-order valence-corrected chi connectivity index (χ0v) is 19.0. The van der Waals surface area contributed by atoms with E-state index >= 15 is 0 Å². The number of likely N-dealkylation sites (tertiary alicyclic amines) is 1. The molecule has 1 amide bonds. The number of Topliss-reactive ketones (excluding diaryl/α,β-unsaturated/α-hetero) is 1. The highest BCUT2D eigenvalue weighted by atomic mass is 16.5. The number of carbonyl (C=O) groups is 2. The van der Waals surface area contributed by atoms with Crippen LogP contribution in [0.5, 0.6) is 5.75 Å². The SMILES string of the molecule is CCCCOc1ccc(C(O)=C2C(=O)C(=O)N(CCCOC)[C@@H]2c2ccccc2)cc1C. The number of nitrogens with zero attached hydrogens (tertiary/aromatic N) is 1. The topological polar surface area (TPSA) is 76.1 Å². The molecule has 1 atom stereocenters. The molecule has 0 aromatic heterocycles. The van der Waals surface area contributed by atoms with Gasteiger partial charge in [0.1, 0.15) is 11.5 Å². The van der Waals surface area contributed by atoms with Gasteiger partial charge in [0.05, 0.1) is 18.2 Å². The summed E-state index contributed by atoms with van der Waals surface area (Å²) in [5.41, 5.74) is 2.23. The standard InChI is InChI=1S/C26H31NO5/c1-4-5-16-32-21-13-12-20(17-18(21)2)24(28)22-23(19-10-7-6-8-11-19)27(14-9-15-31-3)26(30)25(22)29/h6-8,10-13,17,23,28H,4-5,9,14-16H2,1-3H3/t23-/m1/s1. The highest BCUT2D eigenvalue weighted by Crippen LogP contribution is 2.39. The molecule has 1 aliphatic rings. The smallest absolute Gasteiger partial charge is 0.295 e. The van der Waals surface area contributed by atoms with E-state index in [4.69, 9.17) is 9.47 Å². The Labute approximate surface area is 189 Å². The molecule has 1 saturated heterocycles. The van der Waals surface area contributed by atoms with Gasteiger partial charge in [-0.05, 0) is 49.1 Å². The summed E-state index contributed by atoms with van der Waals surface area (Å²) in [6, 6.07) is 14.0. The van der Waals surface area contributed by atoms with Crippen LogP contribution in [0, 0.1) is 6.92 Å². The average Bonchev–Trinajstić information content (AvgIpc) is 3.05. The van der Waals surface area contributed by atoms with Gasteiger partial charge < -0.3 is 19.5 Å². The Morgan fingerprint density at radius 1 is 1.06 bits per heavy atom. The van der Waals surface area contributed by atoms with Crippen molar-refractivity contribution in [1.82, 2.24) is 4.90 Å². The van der Waals surface area contributed by atoms with Gasteiger partial charge in [0.25, 0.3) is 11.7 Å². The Morgan fingerprint density at radius 2 is 1.81 bits per heavy atom. The van der Waals surface area contributed by atoms with Gasteiger partial charge in [-0.15, -0.1) is 0 Å². The molecule has 0 radical (unpaired) electrons. The number of hydrogen-bond donors (Lipinski definition) is 1. The summed E-state index contributed by atoms with van der Waals surface area (Å²) < 4.78 is 10.9. The van der Waals surface area contributed by atoms with E-state index in [0.717, 1.165) is 29.7 Å². The van der Waals surface area contributed by atoms with Crippen molar-refractivity contribution in [3.05, 3.63) is 70.8 Å². The summed E-state index contributed by atoms with van der Waals surface area (Å²) in [7, 11) is 1.60. The minimum atomic E-state index is -0.672. The Hall–Kier alpha value is -3.12. The maximum atomic E-state index is 13.0. The van der Waals surface area contributed by atoms with E-state index in [-0.39, 0.29) is 11.3 Å². The van der Waals surface area contributed by atoms with E-state index in [2.05, 4.69) is 6.92 Å². The van der Waals surface area contributed by atoms with Crippen molar-refractivity contribution >= 4 is 17.4 Å². The van der Waals surface area contributed by atoms with Gasteiger partial charge in [-0.3, -0.25) is 9.59 Å². The van der Waals surface area contributed by atoms with Crippen LogP contribution in [0.4, 0.5) is 0 Å². The molecular formula is C26H31NO5. The van der Waals surface area contributed by atoms with E-state index in [1.54, 1.807) is 25.3 Å². The fourth-order valence-electron chi connectivity index (χ4n) is 3.91. The summed E-state index contributed by atoms with van der Waals surface area (Å²) in [6.07, 6.45) is 2.60. The second-order valence-electron chi connectivity index (χ2n) is 7.93. The molecule has 2 aromatic carbocycles. The number of unbranched alkanes of at least 4 members (excludes halogenated alkanes) is 1. The maximum absolute atomic E-state index is 13.0. The number of ketones is 1. The molecule has 0 aliphatic carbocycles. The third-order valence-corrected chi connectivity index (χ3v) is 5.61. The van der Waals surface area contributed by atoms with Crippen molar-refractivity contribution in [1.29, 1.82) is 0 Å². The Kier molecular flexibility index (Phi) is 8.06. The van der Waals surface area contributed by atoms with Crippen LogP contribution in [-0.4, -0.2) is 48.6 Å². The highest BCUT2D eigenvalue weighted by Gasteiger charge is 2.45. The summed E-state index contributed by atoms with van der Waals surface area (Å²) >= 11 is 0. The van der Waals surface area contributed by atoms with Gasteiger partial charge in [0.2, 0.25) is 0 Å². The average molecular weight is 438 g/mol. The minimum absolute atomic E-state index is 0.109. The predicted octanol–water partition coefficient (Wildman–Crippen LogP) is 4.63. The third-order valence-electron chi connectivity index (χ3n) is 5.61. The lowest BCUT2D eigenvalue weighted by Crippen LogP contribution is -2.31. The first-order chi connectivity index (χ1) is 15.5. The van der Waals surface area contributed by atoms with E-state index in [1.807, 2.05) is 37.3 Å². The number of methoxy groups -OCH3 is 1. The number of aliphatic hydroxyl groups excluding tert-OH is 1. The van der Waals surface area contributed by atoms with Crippen LogP contribution < -0.4 is 4.74 Å². The van der Waals surface area contributed by atoms with Crippen molar-refractivity contribution in [3.8, 4) is 5.75 Å². The second kappa shape index (κ2) is 11.0. The van der Waals surface area contributed by atoms with E-state index in [1.165, 1.54) is 4.90 Å². The van der Waals surface area contributed by atoms with Crippen molar-refractivity contribution < 1.29 is 24.2 Å². The molecule has 0 spiro atoms. The lowest BCUT2D eigenvalue weighted by molar-refractivity contribution is -0.140. The molecule has 2 aromatic rings. The molecular weight excluding hydrogens is 406 g/mol. The first-order valence-corrected chi connectivity index (χ1v) is 11.1. The molecule has 1 fully saturated rings. The molecule has 1 N–H and O–H groups in total. The lowest BCUT2D eigenvalue weighted by atomic mass is 9.95. The predicted molar refractivity (Wildman–Crippen MR) is 124 cm³/mol. The monoisotopic (exact) mass is 437 g/mol. The number of aryl methyl sites for hydroxylation is 1. The number of aliphatic hydroxyl groups is 1. The quantitative estimate of drug-likeness (QED) is 0.254. The van der Waals surface area contributed by atoms with E-state index in [9.17, 15) is 14.7 Å². The van der Waals surface area contributed by atoms with Gasteiger partial charge >= 0.3 is 0 Å². The van der Waals surface area contributed by atoms with Gasteiger partial charge in [-0.1, -0.05) is 43.7 Å². The first-order valence-electron chi connectivity index (χ1n) is 11.1. The van der Waals surface area contributed by atoms with Crippen LogP contribution in [0.1, 0.15) is 48.9 Å². The summed E-state index contributed by atoms with van der Waals surface area (Å²) in [4.78, 5) is 27.4. The number of hydrogen-bond acceptors (Lipinski definition) is 5. The van der Waals surface area contributed by atoms with E-state index < -0.39 is 17.7 Å². The van der Waals surface area contributed by atoms with Crippen molar-refractivity contribution in [2.75, 3.05) is 26.9 Å². The van der Waals surface area contributed by atoms with Crippen molar-refractivity contribution in [2.45, 2.75) is 39.2 Å². The molecule has 170 valence electrons. The summed E-state index contributed by atoms with van der Waals surface area (Å²) in [5, 5.41) is 11.2. The maximum Gasteiger partial charge on any atom is 0.295 e. The molecule has 6 nitrogen and oxygen atoms in total. The second-order valence-corrected chi connectivity index (χ2v) is 7.93. The number of rotatable bonds is 10. The summed E-state index contributed by atoms with van der Waals surface area (Å²) in [5.74, 6) is -0.702. The zero-order valence-electron chi connectivity index (χ0n) is 19.0. The molecule has 0 bridgehead atoms. The summed E-state index contributed by atoms with van der Waals surface area (Å²) in [6.45, 7) is 5.46. The molecule has 3 rings (SSSR count). The van der Waals surface area contributed by atoms with Crippen LogP contribution in [0.3, 0.4) is 0 Å². The Morgan fingerprint density at radius 3 is 2.47 bits per heavy atom. The fraction of sp³-hybridized carbons (Fsp3) is 0.385. The normalized spacial score (nSPS) is 17.7. The van der Waals surface area contributed by atoms with Crippen LogP contribution in [0.2, 0.25) is 0 Å². The molecule has 6 heteroatoms. The number of benzene rings is 2. The van der Waals surface area contributed by atoms with Gasteiger partial charge in [0, 0.05) is 25.8 Å². The number of carbonyl (C=O) groups excluding carboxylic acids is 2.